The largest absolute Gasteiger partial charge is 0.757 e. The van der Waals surface area contributed by atoms with E-state index in [-0.39, 0.29) is 11.3 Å². The summed E-state index contributed by atoms with van der Waals surface area (Å²) in [6.45, 7) is 6.86. The van der Waals surface area contributed by atoms with E-state index in [0.29, 0.717) is 5.06 Å². The van der Waals surface area contributed by atoms with Crippen LogP contribution in [0.1, 0.15) is 27.7 Å². The fourth-order valence-corrected chi connectivity index (χ4v) is 1.45. The molecular weight excluding hydrogens is 230 g/mol. The number of carbonyl (C=O) groups excluding carboxylic acids is 1. The summed E-state index contributed by atoms with van der Waals surface area (Å²) in [5, 5.41) is 12.1. The molecule has 0 aliphatic carbocycles. The van der Waals surface area contributed by atoms with Crippen molar-refractivity contribution in [1.29, 1.82) is 0 Å². The van der Waals surface area contributed by atoms with Gasteiger partial charge in [-0.2, -0.15) is 0 Å². The summed E-state index contributed by atoms with van der Waals surface area (Å²) in [4.78, 5) is 11.7. The molecule has 0 N–H and O–H groups in total. The lowest BCUT2D eigenvalue weighted by molar-refractivity contribution is -0.149. The molecule has 1 aliphatic rings. The van der Waals surface area contributed by atoms with Crippen molar-refractivity contribution in [2.24, 2.45) is 0 Å². The van der Waals surface area contributed by atoms with Crippen LogP contribution in [0.2, 0.25) is 0 Å². The first kappa shape index (κ1) is 13.1. The molecule has 0 aromatic rings. The number of esters is 1. The summed E-state index contributed by atoms with van der Waals surface area (Å²) in [7, 11) is 0. The Bertz CT molecular complexity index is 355. The molecule has 0 spiro atoms. The topological polar surface area (TPSA) is 52.6 Å². The van der Waals surface area contributed by atoms with Crippen LogP contribution in [0.5, 0.6) is 0 Å². The highest BCUT2D eigenvalue weighted by atomic mass is 35.5. The van der Waals surface area contributed by atoms with Gasteiger partial charge in [-0.15, -0.1) is 0 Å². The maximum Gasteiger partial charge on any atom is 0.340 e. The molecule has 0 fully saturated rings. The fraction of sp³-hybridized carbons (Fsp3) is 0.545. The lowest BCUT2D eigenvalue weighted by Gasteiger charge is -2.38. The number of hydroxylamine groups is 2. The normalized spacial score (nSPS) is 21.4. The van der Waals surface area contributed by atoms with Crippen LogP contribution in [0.4, 0.5) is 0 Å². The molecule has 1 aliphatic heterocycles. The molecule has 4 nitrogen and oxygen atoms in total. The van der Waals surface area contributed by atoms with Crippen LogP contribution < -0.4 is 0 Å². The van der Waals surface area contributed by atoms with E-state index in [1.54, 1.807) is 27.7 Å². The molecule has 0 aromatic carbocycles. The second-order valence-electron chi connectivity index (χ2n) is 4.56. The van der Waals surface area contributed by atoms with E-state index in [2.05, 4.69) is 0 Å². The van der Waals surface area contributed by atoms with Crippen LogP contribution >= 0.6 is 11.6 Å². The Morgan fingerprint density at radius 2 is 2.12 bits per heavy atom. The van der Waals surface area contributed by atoms with E-state index < -0.39 is 17.1 Å². The van der Waals surface area contributed by atoms with Crippen molar-refractivity contribution in [1.82, 2.24) is 5.06 Å². The Morgan fingerprint density at radius 1 is 1.56 bits per heavy atom. The van der Waals surface area contributed by atoms with Crippen LogP contribution in [0, 0.1) is 5.21 Å². The Morgan fingerprint density at radius 3 is 2.62 bits per heavy atom. The van der Waals surface area contributed by atoms with E-state index in [1.807, 2.05) is 0 Å². The van der Waals surface area contributed by atoms with Gasteiger partial charge in [0.1, 0.15) is 11.1 Å². The third-order valence-corrected chi connectivity index (χ3v) is 2.31. The average molecular weight is 245 g/mol. The zero-order valence-electron chi connectivity index (χ0n) is 9.78. The quantitative estimate of drug-likeness (QED) is 0.404. The van der Waals surface area contributed by atoms with Crippen molar-refractivity contribution in [3.63, 3.8) is 0 Å². The fourth-order valence-electron chi connectivity index (χ4n) is 1.23. The number of carbonyl (C=O) groups is 1. The number of hydrogen-bond acceptors (Lipinski definition) is 4. The van der Waals surface area contributed by atoms with Gasteiger partial charge in [0, 0.05) is 5.70 Å². The SMILES string of the molecule is CC1=C(C(=O)OC(C)(C)C)C=CC(Cl)N1[O-]. The number of halogens is 1. The summed E-state index contributed by atoms with van der Waals surface area (Å²) in [5.74, 6) is -0.509. The third kappa shape index (κ3) is 3.00. The maximum atomic E-state index is 11.7. The molecule has 0 radical (unpaired) electrons. The molecule has 1 heterocycles. The third-order valence-electron chi connectivity index (χ3n) is 1.98. The van der Waals surface area contributed by atoms with Gasteiger partial charge in [0.2, 0.25) is 0 Å². The van der Waals surface area contributed by atoms with E-state index in [9.17, 15) is 10.0 Å². The predicted molar refractivity (Wildman–Crippen MR) is 62.5 cm³/mol. The Labute approximate surface area is 100 Å². The smallest absolute Gasteiger partial charge is 0.340 e. The highest BCUT2D eigenvalue weighted by Gasteiger charge is 2.23. The second kappa shape index (κ2) is 4.47. The molecule has 0 bridgehead atoms. The second-order valence-corrected chi connectivity index (χ2v) is 5.01. The summed E-state index contributed by atoms with van der Waals surface area (Å²) in [6, 6.07) is 0. The first-order chi connectivity index (χ1) is 7.22. The van der Waals surface area contributed by atoms with Crippen molar-refractivity contribution < 1.29 is 9.53 Å². The molecule has 0 saturated heterocycles. The standard InChI is InChI=1S/C11H15ClNO3/c1-7-8(5-6-9(12)13(7)15)10(14)16-11(2,3)4/h5-6,9H,1-4H3/q-1. The van der Waals surface area contributed by atoms with Gasteiger partial charge < -0.3 is 15.0 Å². The van der Waals surface area contributed by atoms with Crippen molar-refractivity contribution in [2.75, 3.05) is 0 Å². The van der Waals surface area contributed by atoms with Crippen molar-refractivity contribution >= 4 is 17.6 Å². The molecule has 0 saturated carbocycles. The van der Waals surface area contributed by atoms with E-state index in [1.165, 1.54) is 12.2 Å². The van der Waals surface area contributed by atoms with Gasteiger partial charge in [0.25, 0.3) is 0 Å². The number of hydrogen-bond donors (Lipinski definition) is 0. The monoisotopic (exact) mass is 244 g/mol. The molecular formula is C11H15ClNO3-. The van der Waals surface area contributed by atoms with Gasteiger partial charge in [-0.05, 0) is 39.8 Å². The predicted octanol–water partition coefficient (Wildman–Crippen LogP) is 2.54. The number of rotatable bonds is 1. The summed E-state index contributed by atoms with van der Waals surface area (Å²) in [5.41, 5.74) is -0.811. The molecule has 90 valence electrons. The summed E-state index contributed by atoms with van der Waals surface area (Å²) < 4.78 is 5.17. The number of nitrogens with zero attached hydrogens (tertiary/aromatic N) is 1. The number of alkyl halides is 1. The molecule has 1 atom stereocenters. The maximum absolute atomic E-state index is 11.7. The van der Waals surface area contributed by atoms with Crippen LogP contribution in [0.3, 0.4) is 0 Å². The lowest BCUT2D eigenvalue weighted by Crippen LogP contribution is -2.30. The molecule has 0 aromatic heterocycles. The van der Waals surface area contributed by atoms with Gasteiger partial charge in [0.15, 0.2) is 0 Å². The van der Waals surface area contributed by atoms with Gasteiger partial charge in [-0.3, -0.25) is 0 Å². The minimum absolute atomic E-state index is 0.252. The minimum atomic E-state index is -0.758. The Hall–Kier alpha value is -1.00. The minimum Gasteiger partial charge on any atom is -0.757 e. The molecule has 5 heteroatoms. The Balaban J connectivity index is 2.89. The molecule has 1 rings (SSSR count). The van der Waals surface area contributed by atoms with E-state index >= 15 is 0 Å². The summed E-state index contributed by atoms with van der Waals surface area (Å²) in [6.07, 6.45) is 2.98. The lowest BCUT2D eigenvalue weighted by atomic mass is 10.1. The molecule has 1 unspecified atom stereocenters. The van der Waals surface area contributed by atoms with Gasteiger partial charge in [-0.1, -0.05) is 11.6 Å². The van der Waals surface area contributed by atoms with E-state index in [4.69, 9.17) is 16.3 Å². The van der Waals surface area contributed by atoms with Crippen LogP contribution in [0.15, 0.2) is 23.4 Å². The Kier molecular flexibility index (Phi) is 3.65. The van der Waals surface area contributed by atoms with Gasteiger partial charge >= 0.3 is 5.97 Å². The zero-order chi connectivity index (χ0) is 12.5. The van der Waals surface area contributed by atoms with Crippen molar-refractivity contribution in [3.05, 3.63) is 28.6 Å². The van der Waals surface area contributed by atoms with Gasteiger partial charge in [0.05, 0.1) is 5.57 Å². The molecule has 16 heavy (non-hydrogen) atoms. The zero-order valence-corrected chi connectivity index (χ0v) is 10.5. The van der Waals surface area contributed by atoms with Crippen LogP contribution in [-0.4, -0.2) is 22.1 Å². The van der Waals surface area contributed by atoms with Gasteiger partial charge in [-0.25, -0.2) is 4.79 Å². The summed E-state index contributed by atoms with van der Waals surface area (Å²) >= 11 is 5.71. The molecule has 0 amide bonds. The first-order valence-electron chi connectivity index (χ1n) is 4.95. The van der Waals surface area contributed by atoms with Crippen LogP contribution in [0.25, 0.3) is 0 Å². The van der Waals surface area contributed by atoms with Crippen molar-refractivity contribution in [3.8, 4) is 0 Å². The number of allylic oxidation sites excluding steroid dienone is 1. The van der Waals surface area contributed by atoms with Crippen molar-refractivity contribution in [2.45, 2.75) is 38.8 Å². The first-order valence-corrected chi connectivity index (χ1v) is 5.39. The van der Waals surface area contributed by atoms with Crippen LogP contribution in [-0.2, 0) is 9.53 Å². The number of ether oxygens (including phenoxy) is 1. The average Bonchev–Trinajstić information content (AvgIpc) is 2.11. The van der Waals surface area contributed by atoms with E-state index in [0.717, 1.165) is 0 Å². The highest BCUT2D eigenvalue weighted by Crippen LogP contribution is 2.24. The highest BCUT2D eigenvalue weighted by molar-refractivity contribution is 6.22.